The van der Waals surface area contributed by atoms with Gasteiger partial charge in [-0.1, -0.05) is 43.1 Å². The van der Waals surface area contributed by atoms with Gasteiger partial charge in [-0.15, -0.1) is 11.8 Å². The fraction of sp³-hybridized carbons (Fsp3) is 0.500. The van der Waals surface area contributed by atoms with Gasteiger partial charge in [0, 0.05) is 24.7 Å². The van der Waals surface area contributed by atoms with E-state index in [4.69, 9.17) is 21.1 Å². The molecule has 148 valence electrons. The Morgan fingerprint density at radius 3 is 2.78 bits per heavy atom. The second-order valence-electron chi connectivity index (χ2n) is 6.31. The number of nitrogens with zero attached hydrogens (tertiary/aromatic N) is 1. The Kier molecular flexibility index (Phi) is 9.18. The van der Waals surface area contributed by atoms with Gasteiger partial charge >= 0.3 is 11.9 Å². The van der Waals surface area contributed by atoms with Gasteiger partial charge in [0.05, 0.1) is 25.0 Å². The summed E-state index contributed by atoms with van der Waals surface area (Å²) in [6.07, 6.45) is 2.55. The van der Waals surface area contributed by atoms with Crippen LogP contribution in [0.5, 0.6) is 0 Å². The summed E-state index contributed by atoms with van der Waals surface area (Å²) < 4.78 is 10.1. The minimum Gasteiger partial charge on any atom is -0.466 e. The average molecular weight is 412 g/mol. The van der Waals surface area contributed by atoms with Crippen molar-refractivity contribution in [2.75, 3.05) is 32.6 Å². The summed E-state index contributed by atoms with van der Waals surface area (Å²) in [6, 6.07) is 7.70. The molecule has 0 unspecified atom stereocenters. The number of benzene rings is 1. The van der Waals surface area contributed by atoms with Crippen molar-refractivity contribution >= 4 is 35.3 Å². The summed E-state index contributed by atoms with van der Waals surface area (Å²) in [5.41, 5.74) is 1.64. The summed E-state index contributed by atoms with van der Waals surface area (Å²) in [6.45, 7) is 4.43. The van der Waals surface area contributed by atoms with E-state index in [1.165, 1.54) is 18.9 Å². The second kappa shape index (κ2) is 11.4. The SMILES string of the molecule is CCCCOC(=O)CSC1=C(C(=O)OC)CN(Cc2ccccc2Cl)CC1. The van der Waals surface area contributed by atoms with E-state index in [0.29, 0.717) is 31.7 Å². The van der Waals surface area contributed by atoms with E-state index in [2.05, 4.69) is 4.90 Å². The Bertz CT molecular complexity index is 692. The third kappa shape index (κ3) is 6.87. The molecule has 0 amide bonds. The smallest absolute Gasteiger partial charge is 0.335 e. The number of esters is 2. The van der Waals surface area contributed by atoms with Gasteiger partial charge in [-0.05, 0) is 29.4 Å². The van der Waals surface area contributed by atoms with E-state index in [0.717, 1.165) is 34.9 Å². The van der Waals surface area contributed by atoms with Crippen molar-refractivity contribution in [3.05, 3.63) is 45.3 Å². The van der Waals surface area contributed by atoms with Gasteiger partial charge in [-0.2, -0.15) is 0 Å². The molecule has 0 aliphatic carbocycles. The normalized spacial score (nSPS) is 14.9. The number of unbranched alkanes of at least 4 members (excludes halogenated alkanes) is 1. The van der Waals surface area contributed by atoms with E-state index in [-0.39, 0.29) is 17.7 Å². The third-order valence-corrected chi connectivity index (χ3v) is 5.83. The number of ether oxygens (including phenoxy) is 2. The Labute approximate surface area is 170 Å². The van der Waals surface area contributed by atoms with Crippen LogP contribution in [-0.2, 0) is 25.6 Å². The van der Waals surface area contributed by atoms with Crippen LogP contribution in [-0.4, -0.2) is 49.4 Å². The number of hydrogen-bond donors (Lipinski definition) is 0. The van der Waals surface area contributed by atoms with Crippen LogP contribution in [0.2, 0.25) is 5.02 Å². The fourth-order valence-corrected chi connectivity index (χ4v) is 3.91. The Balaban J connectivity index is 2.00. The molecule has 1 heterocycles. The van der Waals surface area contributed by atoms with Crippen molar-refractivity contribution in [1.29, 1.82) is 0 Å². The lowest BCUT2D eigenvalue weighted by Crippen LogP contribution is -2.34. The maximum atomic E-state index is 12.2. The summed E-state index contributed by atoms with van der Waals surface area (Å²) >= 11 is 7.63. The van der Waals surface area contributed by atoms with Gasteiger partial charge in [0.2, 0.25) is 0 Å². The minimum absolute atomic E-state index is 0.212. The molecule has 1 aromatic rings. The number of halogens is 1. The molecule has 1 aliphatic heterocycles. The Morgan fingerprint density at radius 1 is 1.30 bits per heavy atom. The zero-order valence-corrected chi connectivity index (χ0v) is 17.4. The number of carbonyl (C=O) groups excluding carboxylic acids is 2. The van der Waals surface area contributed by atoms with Gasteiger partial charge in [0.15, 0.2) is 0 Å². The summed E-state index contributed by atoms with van der Waals surface area (Å²) in [4.78, 5) is 27.1. The standard InChI is InChI=1S/C20H26ClNO4S/c1-3-4-11-26-19(23)14-27-18-9-10-22(13-16(18)20(24)25-2)12-15-7-5-6-8-17(15)21/h5-8H,3-4,9-14H2,1-2H3. The first-order valence-electron chi connectivity index (χ1n) is 9.09. The van der Waals surface area contributed by atoms with E-state index >= 15 is 0 Å². The zero-order chi connectivity index (χ0) is 19.6. The lowest BCUT2D eigenvalue weighted by molar-refractivity contribution is -0.140. The van der Waals surface area contributed by atoms with Crippen LogP contribution in [0.25, 0.3) is 0 Å². The molecule has 0 bridgehead atoms. The Morgan fingerprint density at radius 2 is 2.07 bits per heavy atom. The predicted molar refractivity (Wildman–Crippen MR) is 109 cm³/mol. The van der Waals surface area contributed by atoms with Crippen LogP contribution in [0.4, 0.5) is 0 Å². The molecular weight excluding hydrogens is 386 g/mol. The molecular formula is C20H26ClNO4S. The fourth-order valence-electron chi connectivity index (χ4n) is 2.78. The number of carbonyl (C=O) groups is 2. The van der Waals surface area contributed by atoms with Crippen LogP contribution in [0.3, 0.4) is 0 Å². The second-order valence-corrected chi connectivity index (χ2v) is 7.79. The van der Waals surface area contributed by atoms with E-state index in [1.54, 1.807) is 0 Å². The van der Waals surface area contributed by atoms with Gasteiger partial charge in [-0.3, -0.25) is 9.69 Å². The zero-order valence-electron chi connectivity index (χ0n) is 15.8. The summed E-state index contributed by atoms with van der Waals surface area (Å²) in [5.74, 6) is -0.381. The first kappa shape index (κ1) is 21.8. The number of thioether (sulfide) groups is 1. The van der Waals surface area contributed by atoms with Crippen molar-refractivity contribution in [2.45, 2.75) is 32.7 Å². The molecule has 0 atom stereocenters. The quantitative estimate of drug-likeness (QED) is 0.451. The Hall–Kier alpha value is -1.50. The maximum Gasteiger partial charge on any atom is 0.335 e. The van der Waals surface area contributed by atoms with Gasteiger partial charge in [0.25, 0.3) is 0 Å². The number of methoxy groups -OCH3 is 1. The van der Waals surface area contributed by atoms with E-state index in [1.807, 2.05) is 31.2 Å². The molecule has 0 spiro atoms. The topological polar surface area (TPSA) is 55.8 Å². The molecule has 7 heteroatoms. The number of rotatable bonds is 9. The molecule has 0 fully saturated rings. The van der Waals surface area contributed by atoms with Crippen molar-refractivity contribution in [1.82, 2.24) is 4.90 Å². The van der Waals surface area contributed by atoms with Crippen LogP contribution in [0, 0.1) is 0 Å². The highest BCUT2D eigenvalue weighted by atomic mass is 35.5. The molecule has 27 heavy (non-hydrogen) atoms. The van der Waals surface area contributed by atoms with Crippen LogP contribution < -0.4 is 0 Å². The van der Waals surface area contributed by atoms with Crippen molar-refractivity contribution in [2.24, 2.45) is 0 Å². The highest BCUT2D eigenvalue weighted by molar-refractivity contribution is 8.03. The molecule has 1 aliphatic rings. The lowest BCUT2D eigenvalue weighted by atomic mass is 10.1. The van der Waals surface area contributed by atoms with Crippen LogP contribution >= 0.6 is 23.4 Å². The summed E-state index contributed by atoms with van der Waals surface area (Å²) in [7, 11) is 1.38. The summed E-state index contributed by atoms with van der Waals surface area (Å²) in [5, 5.41) is 0.719. The van der Waals surface area contributed by atoms with Crippen molar-refractivity contribution in [3.8, 4) is 0 Å². The molecule has 0 saturated heterocycles. The monoisotopic (exact) mass is 411 g/mol. The van der Waals surface area contributed by atoms with Crippen molar-refractivity contribution in [3.63, 3.8) is 0 Å². The van der Waals surface area contributed by atoms with Crippen LogP contribution in [0.1, 0.15) is 31.7 Å². The van der Waals surface area contributed by atoms with Crippen molar-refractivity contribution < 1.29 is 19.1 Å². The molecule has 2 rings (SSSR count). The van der Waals surface area contributed by atoms with Gasteiger partial charge in [-0.25, -0.2) is 4.79 Å². The predicted octanol–water partition coefficient (Wildman–Crippen LogP) is 4.05. The third-order valence-electron chi connectivity index (χ3n) is 4.28. The molecule has 5 nitrogen and oxygen atoms in total. The highest BCUT2D eigenvalue weighted by Gasteiger charge is 2.25. The van der Waals surface area contributed by atoms with Crippen LogP contribution in [0.15, 0.2) is 34.7 Å². The molecule has 0 saturated carbocycles. The van der Waals surface area contributed by atoms with E-state index < -0.39 is 0 Å². The van der Waals surface area contributed by atoms with Gasteiger partial charge in [0.1, 0.15) is 0 Å². The first-order chi connectivity index (χ1) is 13.0. The van der Waals surface area contributed by atoms with Gasteiger partial charge < -0.3 is 9.47 Å². The molecule has 0 radical (unpaired) electrons. The average Bonchev–Trinajstić information content (AvgIpc) is 2.68. The first-order valence-corrected chi connectivity index (χ1v) is 10.5. The lowest BCUT2D eigenvalue weighted by Gasteiger charge is -2.29. The molecule has 1 aromatic carbocycles. The molecule has 0 aromatic heterocycles. The largest absolute Gasteiger partial charge is 0.466 e. The van der Waals surface area contributed by atoms with E-state index in [9.17, 15) is 9.59 Å². The highest BCUT2D eigenvalue weighted by Crippen LogP contribution is 2.30. The molecule has 0 N–H and O–H groups in total. The minimum atomic E-state index is -0.347. The maximum absolute atomic E-state index is 12.2. The number of hydrogen-bond acceptors (Lipinski definition) is 6.